The Morgan fingerprint density at radius 1 is 1.24 bits per heavy atom. The maximum Gasteiger partial charge on any atom is 0.408 e. The van der Waals surface area contributed by atoms with Crippen molar-refractivity contribution in [2.24, 2.45) is 5.73 Å². The first-order valence-electron chi connectivity index (χ1n) is 7.01. The number of nitrogens with two attached hydrogens (primary N) is 1. The van der Waals surface area contributed by atoms with Crippen LogP contribution in [0.1, 0.15) is 31.7 Å². The van der Waals surface area contributed by atoms with Crippen molar-refractivity contribution in [2.75, 3.05) is 0 Å². The Labute approximate surface area is 122 Å². The van der Waals surface area contributed by atoms with Crippen molar-refractivity contribution in [3.8, 4) is 0 Å². The molecule has 118 valence electrons. The Hall–Kier alpha value is -1.56. The minimum Gasteiger partial charge on any atom is -0.343 e. The number of rotatable bonds is 7. The molecular weight excluding hydrogens is 281 g/mol. The Bertz CT molecular complexity index is 434. The minimum absolute atomic E-state index is 0.196. The fourth-order valence-electron chi connectivity index (χ4n) is 1.99. The Balaban J connectivity index is 2.62. The van der Waals surface area contributed by atoms with Gasteiger partial charge in [-0.25, -0.2) is 0 Å². The third-order valence-corrected chi connectivity index (χ3v) is 3.21. The van der Waals surface area contributed by atoms with E-state index in [-0.39, 0.29) is 12.8 Å². The van der Waals surface area contributed by atoms with E-state index in [0.717, 1.165) is 5.56 Å². The van der Waals surface area contributed by atoms with E-state index in [1.54, 1.807) is 30.3 Å². The van der Waals surface area contributed by atoms with Gasteiger partial charge in [0.05, 0.1) is 6.04 Å². The lowest BCUT2D eigenvalue weighted by molar-refractivity contribution is -0.163. The molecule has 3 nitrogen and oxygen atoms in total. The van der Waals surface area contributed by atoms with E-state index >= 15 is 0 Å². The number of amides is 1. The number of aryl methyl sites for hydroxylation is 1. The van der Waals surface area contributed by atoms with Crippen LogP contribution in [0, 0.1) is 0 Å². The summed E-state index contributed by atoms with van der Waals surface area (Å²) in [5.41, 5.74) is 6.35. The fourth-order valence-corrected chi connectivity index (χ4v) is 1.99. The second-order valence-corrected chi connectivity index (χ2v) is 5.02. The number of hydrogen-bond acceptors (Lipinski definition) is 2. The van der Waals surface area contributed by atoms with Crippen LogP contribution in [0.25, 0.3) is 0 Å². The molecule has 0 radical (unpaired) electrons. The molecule has 0 aliphatic heterocycles. The van der Waals surface area contributed by atoms with Crippen LogP contribution < -0.4 is 11.1 Å². The molecule has 3 N–H and O–H groups in total. The van der Waals surface area contributed by atoms with Gasteiger partial charge in [0.25, 0.3) is 0 Å². The van der Waals surface area contributed by atoms with E-state index < -0.39 is 24.2 Å². The highest BCUT2D eigenvalue weighted by atomic mass is 19.4. The highest BCUT2D eigenvalue weighted by Gasteiger charge is 2.40. The zero-order chi connectivity index (χ0) is 15.9. The second kappa shape index (κ2) is 8.02. The highest BCUT2D eigenvalue weighted by molar-refractivity contribution is 5.81. The average molecular weight is 302 g/mol. The number of carbonyl (C=O) groups is 1. The molecule has 0 fully saturated rings. The SMILES string of the molecule is CCCC(N)C(=O)NC(CCc1ccccc1)C(F)(F)F. The molecule has 0 aliphatic rings. The van der Waals surface area contributed by atoms with Crippen molar-refractivity contribution in [3.05, 3.63) is 35.9 Å². The number of halogens is 3. The Morgan fingerprint density at radius 3 is 2.38 bits per heavy atom. The molecule has 0 saturated carbocycles. The number of carbonyl (C=O) groups excluding carboxylic acids is 1. The summed E-state index contributed by atoms with van der Waals surface area (Å²) >= 11 is 0. The standard InChI is InChI=1S/C15H21F3N2O/c1-2-6-12(19)14(21)20-13(15(16,17)18)10-9-11-7-4-3-5-8-11/h3-5,7-8,12-13H,2,6,9-10,19H2,1H3,(H,20,21). The molecule has 0 heterocycles. The summed E-state index contributed by atoms with van der Waals surface area (Å²) in [7, 11) is 0. The van der Waals surface area contributed by atoms with E-state index in [1.807, 2.05) is 12.2 Å². The van der Waals surface area contributed by atoms with Crippen molar-refractivity contribution >= 4 is 5.91 Å². The molecule has 1 rings (SSSR count). The lowest BCUT2D eigenvalue weighted by atomic mass is 10.0. The summed E-state index contributed by atoms with van der Waals surface area (Å²) in [5, 5.41) is 2.02. The van der Waals surface area contributed by atoms with Gasteiger partial charge in [0.2, 0.25) is 5.91 Å². The maximum absolute atomic E-state index is 13.0. The van der Waals surface area contributed by atoms with Crippen LogP contribution in [0.5, 0.6) is 0 Å². The highest BCUT2D eigenvalue weighted by Crippen LogP contribution is 2.24. The monoisotopic (exact) mass is 302 g/mol. The third kappa shape index (κ3) is 6.16. The molecule has 1 aromatic carbocycles. The van der Waals surface area contributed by atoms with Gasteiger partial charge in [0, 0.05) is 0 Å². The lowest BCUT2D eigenvalue weighted by Gasteiger charge is -2.23. The van der Waals surface area contributed by atoms with Gasteiger partial charge < -0.3 is 11.1 Å². The first-order valence-corrected chi connectivity index (χ1v) is 7.01. The van der Waals surface area contributed by atoms with Crippen LogP contribution in [0.15, 0.2) is 30.3 Å². The van der Waals surface area contributed by atoms with Crippen LogP contribution in [0.3, 0.4) is 0 Å². The topological polar surface area (TPSA) is 55.1 Å². The van der Waals surface area contributed by atoms with Gasteiger partial charge in [-0.1, -0.05) is 43.7 Å². The van der Waals surface area contributed by atoms with Gasteiger partial charge in [0.1, 0.15) is 6.04 Å². The largest absolute Gasteiger partial charge is 0.408 e. The lowest BCUT2D eigenvalue weighted by Crippen LogP contribution is -2.51. The van der Waals surface area contributed by atoms with Gasteiger partial charge in [-0.05, 0) is 24.8 Å². The van der Waals surface area contributed by atoms with Crippen LogP contribution in [-0.4, -0.2) is 24.2 Å². The molecule has 0 bridgehead atoms. The van der Waals surface area contributed by atoms with Gasteiger partial charge in [-0.15, -0.1) is 0 Å². The molecular formula is C15H21F3N2O. The van der Waals surface area contributed by atoms with Crippen molar-refractivity contribution < 1.29 is 18.0 Å². The first kappa shape index (κ1) is 17.5. The van der Waals surface area contributed by atoms with Crippen molar-refractivity contribution in [3.63, 3.8) is 0 Å². The smallest absolute Gasteiger partial charge is 0.343 e. The molecule has 21 heavy (non-hydrogen) atoms. The second-order valence-electron chi connectivity index (χ2n) is 5.02. The number of alkyl halides is 3. The average Bonchev–Trinajstić information content (AvgIpc) is 2.43. The fraction of sp³-hybridized carbons (Fsp3) is 0.533. The summed E-state index contributed by atoms with van der Waals surface area (Å²) < 4.78 is 38.9. The zero-order valence-electron chi connectivity index (χ0n) is 12.0. The number of hydrogen-bond donors (Lipinski definition) is 2. The van der Waals surface area contributed by atoms with Gasteiger partial charge >= 0.3 is 6.18 Å². The van der Waals surface area contributed by atoms with Crippen LogP contribution >= 0.6 is 0 Å². The van der Waals surface area contributed by atoms with E-state index in [9.17, 15) is 18.0 Å². The summed E-state index contributed by atoms with van der Waals surface area (Å²) in [5.74, 6) is -0.743. The first-order chi connectivity index (χ1) is 9.84. The van der Waals surface area contributed by atoms with E-state index in [2.05, 4.69) is 0 Å². The van der Waals surface area contributed by atoms with E-state index in [0.29, 0.717) is 12.8 Å². The summed E-state index contributed by atoms with van der Waals surface area (Å²) in [6, 6.07) is 6.11. The van der Waals surface area contributed by atoms with Crippen molar-refractivity contribution in [1.29, 1.82) is 0 Å². The van der Waals surface area contributed by atoms with Crippen LogP contribution in [0.2, 0.25) is 0 Å². The predicted molar refractivity (Wildman–Crippen MR) is 75.6 cm³/mol. The molecule has 0 aromatic heterocycles. The predicted octanol–water partition coefficient (Wildman–Crippen LogP) is 2.79. The quantitative estimate of drug-likeness (QED) is 0.814. The maximum atomic E-state index is 13.0. The normalized spacial score (nSPS) is 14.5. The zero-order valence-corrected chi connectivity index (χ0v) is 12.0. The van der Waals surface area contributed by atoms with Crippen LogP contribution in [0.4, 0.5) is 13.2 Å². The van der Waals surface area contributed by atoms with E-state index in [1.165, 1.54) is 0 Å². The van der Waals surface area contributed by atoms with Crippen LogP contribution in [-0.2, 0) is 11.2 Å². The molecule has 0 saturated heterocycles. The van der Waals surface area contributed by atoms with Gasteiger partial charge in [0.15, 0.2) is 0 Å². The summed E-state index contributed by atoms with van der Waals surface area (Å²) in [4.78, 5) is 11.7. The molecule has 2 atom stereocenters. The van der Waals surface area contributed by atoms with Crippen molar-refractivity contribution in [2.45, 2.75) is 50.9 Å². The van der Waals surface area contributed by atoms with Crippen molar-refractivity contribution in [1.82, 2.24) is 5.32 Å². The third-order valence-electron chi connectivity index (χ3n) is 3.21. The number of nitrogens with one attached hydrogen (secondary N) is 1. The van der Waals surface area contributed by atoms with Gasteiger partial charge in [-0.2, -0.15) is 13.2 Å². The van der Waals surface area contributed by atoms with Gasteiger partial charge in [-0.3, -0.25) is 4.79 Å². The summed E-state index contributed by atoms with van der Waals surface area (Å²) in [6.45, 7) is 1.82. The minimum atomic E-state index is -4.48. The van der Waals surface area contributed by atoms with E-state index in [4.69, 9.17) is 5.73 Å². The number of benzene rings is 1. The molecule has 6 heteroatoms. The molecule has 0 aliphatic carbocycles. The Morgan fingerprint density at radius 2 is 1.86 bits per heavy atom. The molecule has 2 unspecified atom stereocenters. The summed E-state index contributed by atoms with van der Waals surface area (Å²) in [6.07, 6.45) is -3.41. The molecule has 1 aromatic rings. The Kier molecular flexibility index (Phi) is 6.68. The molecule has 1 amide bonds. The molecule has 0 spiro atoms.